The molecule has 0 aliphatic heterocycles. The van der Waals surface area contributed by atoms with Crippen LogP contribution in [0.5, 0.6) is 0 Å². The molecule has 0 bridgehead atoms. The zero-order valence-electron chi connectivity index (χ0n) is 7.65. The topological polar surface area (TPSA) is 37.3 Å². The molecule has 0 aliphatic carbocycles. The molecule has 0 heterocycles. The summed E-state index contributed by atoms with van der Waals surface area (Å²) in [5.74, 6) is -5.71. The van der Waals surface area contributed by atoms with E-state index >= 15 is 0 Å². The molecule has 15 heavy (non-hydrogen) atoms. The first-order valence-electron chi connectivity index (χ1n) is 3.50. The first kappa shape index (κ1) is 14.0. The highest BCUT2D eigenvalue weighted by Crippen LogP contribution is 2.43. The highest BCUT2D eigenvalue weighted by atomic mass is 19.3. The zero-order chi connectivity index (χ0) is 12.7. The minimum atomic E-state index is -5.71. The summed E-state index contributed by atoms with van der Waals surface area (Å²) in [7, 11) is 0.386. The van der Waals surface area contributed by atoms with Gasteiger partial charge in [0.15, 0.2) is 0 Å². The van der Waals surface area contributed by atoms with Crippen molar-refractivity contribution in [2.75, 3.05) is 14.1 Å². The van der Waals surface area contributed by atoms with Gasteiger partial charge in [-0.1, -0.05) is 0 Å². The average molecular weight is 240 g/mol. The Hall–Kier alpha value is -0.990. The van der Waals surface area contributed by atoms with Crippen LogP contribution in [-0.2, 0) is 0 Å². The predicted molar refractivity (Wildman–Crippen MR) is 36.0 cm³/mol. The van der Waals surface area contributed by atoms with Gasteiger partial charge in [0.1, 0.15) is 0 Å². The fourth-order valence-corrected chi connectivity index (χ4v) is 0.624. The molecule has 0 spiro atoms. The van der Waals surface area contributed by atoms with E-state index in [1.807, 2.05) is 0 Å². The highest BCUT2D eigenvalue weighted by Gasteiger charge is 2.75. The number of quaternary nitrogens is 1. The summed E-state index contributed by atoms with van der Waals surface area (Å²) in [4.78, 5) is 10.3. The van der Waals surface area contributed by atoms with E-state index in [9.17, 15) is 31.1 Å². The van der Waals surface area contributed by atoms with Crippen molar-refractivity contribution >= 4 is 6.09 Å². The number of carbonyl (C=O) groups is 1. The predicted octanol–water partition coefficient (Wildman–Crippen LogP) is 2.23. The Morgan fingerprint density at radius 1 is 1.20 bits per heavy atom. The number of halogens is 6. The van der Waals surface area contributed by atoms with Gasteiger partial charge < -0.3 is 5.11 Å². The lowest BCUT2D eigenvalue weighted by Gasteiger charge is -2.35. The van der Waals surface area contributed by atoms with Gasteiger partial charge in [0.25, 0.3) is 0 Å². The van der Waals surface area contributed by atoms with Crippen LogP contribution in [0.1, 0.15) is 0 Å². The molecule has 0 radical (unpaired) electrons. The maximum Gasteiger partial charge on any atom is 0.518 e. The van der Waals surface area contributed by atoms with Crippen LogP contribution >= 0.6 is 0 Å². The van der Waals surface area contributed by atoms with Gasteiger partial charge in [-0.2, -0.15) is 18.1 Å². The number of alkyl halides is 6. The molecule has 0 fully saturated rings. The van der Waals surface area contributed by atoms with Crippen molar-refractivity contribution in [3.63, 3.8) is 0 Å². The van der Waals surface area contributed by atoms with Crippen molar-refractivity contribution in [3.8, 4) is 0 Å². The summed E-state index contributed by atoms with van der Waals surface area (Å²) in [6.45, 7) is 0. The number of nitrogens with zero attached hydrogens (tertiary/aromatic N) is 1. The van der Waals surface area contributed by atoms with E-state index in [0.717, 1.165) is 0 Å². The van der Waals surface area contributed by atoms with Gasteiger partial charge in [-0.05, 0) is 0 Å². The number of hydrogen-bond acceptors (Lipinski definition) is 1. The number of rotatable bonds is 3. The molecule has 9 heteroatoms. The average Bonchev–Trinajstić information content (AvgIpc) is 2.02. The van der Waals surface area contributed by atoms with Gasteiger partial charge in [-0.3, -0.25) is 0 Å². The highest BCUT2D eigenvalue weighted by molar-refractivity contribution is 5.56. The summed E-state index contributed by atoms with van der Waals surface area (Å²) < 4.78 is 71.2. The van der Waals surface area contributed by atoms with Crippen molar-refractivity contribution in [2.45, 2.75) is 18.4 Å². The molecule has 0 saturated heterocycles. The van der Waals surface area contributed by atoms with Crippen LogP contribution in [-0.4, -0.2) is 48.2 Å². The minimum absolute atomic E-state index is 0.193. The monoisotopic (exact) mass is 240 g/mol. The molecule has 0 atom stereocenters. The first-order valence-corrected chi connectivity index (χ1v) is 3.50. The number of hydrogen-bond donors (Lipinski definition) is 1. The number of amides is 1. The van der Waals surface area contributed by atoms with Crippen molar-refractivity contribution in [1.29, 1.82) is 0 Å². The van der Waals surface area contributed by atoms with Crippen LogP contribution in [0, 0.1) is 0 Å². The molecule has 0 unspecified atom stereocenters. The Kier molecular flexibility index (Phi) is 3.31. The summed E-state index contributed by atoms with van der Waals surface area (Å²) in [5, 5.41) is 8.24. The molecule has 0 aromatic heterocycles. The Morgan fingerprint density at radius 2 is 1.53 bits per heavy atom. The number of carboxylic acid groups (broad SMARTS) is 1. The molecule has 0 aromatic carbocycles. The quantitative estimate of drug-likeness (QED) is 0.466. The van der Waals surface area contributed by atoms with Crippen molar-refractivity contribution in [3.05, 3.63) is 0 Å². The summed E-state index contributed by atoms with van der Waals surface area (Å²) >= 11 is 0. The van der Waals surface area contributed by atoms with Gasteiger partial charge in [0, 0.05) is 0 Å². The molecule has 0 aliphatic rings. The zero-order valence-corrected chi connectivity index (χ0v) is 7.65. The molecule has 1 amide bonds. The van der Waals surface area contributed by atoms with Crippen molar-refractivity contribution in [1.82, 2.24) is 0 Å². The van der Waals surface area contributed by atoms with Crippen LogP contribution < -0.4 is 0 Å². The largest absolute Gasteiger partial charge is 0.518 e. The Labute approximate surface area is 80.5 Å². The van der Waals surface area contributed by atoms with Crippen LogP contribution in [0.25, 0.3) is 0 Å². The summed E-state index contributed by atoms with van der Waals surface area (Å²) in [6.07, 6.45) is -7.00. The summed E-state index contributed by atoms with van der Waals surface area (Å²) in [6, 6.07) is -5.41. The molecule has 90 valence electrons. The Bertz CT molecular complexity index is 264. The van der Waals surface area contributed by atoms with E-state index < -0.39 is 29.0 Å². The maximum atomic E-state index is 12.8. The van der Waals surface area contributed by atoms with Crippen LogP contribution in [0.3, 0.4) is 0 Å². The van der Waals surface area contributed by atoms with Crippen LogP contribution in [0.2, 0.25) is 0 Å². The van der Waals surface area contributed by atoms with E-state index in [1.165, 1.54) is 0 Å². The molecule has 1 N–H and O–H groups in total. The van der Waals surface area contributed by atoms with Crippen LogP contribution in [0.4, 0.5) is 31.1 Å². The van der Waals surface area contributed by atoms with Gasteiger partial charge >= 0.3 is 24.5 Å². The van der Waals surface area contributed by atoms with E-state index in [0.29, 0.717) is 0 Å². The van der Waals surface area contributed by atoms with Gasteiger partial charge in [0.2, 0.25) is 0 Å². The Balaban J connectivity index is 5.40. The third-order valence-corrected chi connectivity index (χ3v) is 1.86. The molecule has 0 rings (SSSR count). The van der Waals surface area contributed by atoms with Crippen LogP contribution in [0.15, 0.2) is 0 Å². The first-order chi connectivity index (χ1) is 6.39. The lowest BCUT2D eigenvalue weighted by atomic mass is 10.2. The fourth-order valence-electron chi connectivity index (χ4n) is 0.624. The molecule has 0 aromatic rings. The fraction of sp³-hybridized carbons (Fsp3) is 0.833. The van der Waals surface area contributed by atoms with E-state index in [4.69, 9.17) is 5.11 Å². The molecular weight excluding hydrogens is 232 g/mol. The third-order valence-electron chi connectivity index (χ3n) is 1.86. The van der Waals surface area contributed by atoms with E-state index in [1.54, 1.807) is 0 Å². The SMILES string of the molecule is C[N+](C)(C(=O)O)C(F)(F)C(F)(F)C(F)F. The van der Waals surface area contributed by atoms with Gasteiger partial charge in [-0.25, -0.2) is 8.78 Å². The maximum absolute atomic E-state index is 12.8. The van der Waals surface area contributed by atoms with Crippen molar-refractivity contribution in [2.24, 2.45) is 0 Å². The molecule has 3 nitrogen and oxygen atoms in total. The second-order valence-corrected chi connectivity index (χ2v) is 3.20. The van der Waals surface area contributed by atoms with Gasteiger partial charge in [-0.15, -0.1) is 8.78 Å². The Morgan fingerprint density at radius 3 is 1.73 bits per heavy atom. The lowest BCUT2D eigenvalue weighted by Crippen LogP contribution is -2.67. The molecular formula is C6H8F6NO2+. The standard InChI is InChI=1S/C6H7F6NO2/c1-13(2,4(14)15)6(11,12)5(9,10)3(7)8/h3H,1-2H3/p+1. The van der Waals surface area contributed by atoms with Crippen molar-refractivity contribution < 1.29 is 40.7 Å². The smallest absolute Gasteiger partial charge is 0.435 e. The normalized spacial score (nSPS) is 14.5. The van der Waals surface area contributed by atoms with Gasteiger partial charge in [0.05, 0.1) is 14.1 Å². The third kappa shape index (κ3) is 1.87. The second kappa shape index (κ2) is 3.54. The second-order valence-electron chi connectivity index (χ2n) is 3.20. The lowest BCUT2D eigenvalue weighted by molar-refractivity contribution is -0.928. The van der Waals surface area contributed by atoms with E-state index in [2.05, 4.69) is 0 Å². The molecule has 0 saturated carbocycles. The minimum Gasteiger partial charge on any atom is -0.435 e. The summed E-state index contributed by atoms with van der Waals surface area (Å²) in [5.41, 5.74) is 0. The van der Waals surface area contributed by atoms with E-state index in [-0.39, 0.29) is 14.1 Å².